The van der Waals surface area contributed by atoms with Gasteiger partial charge in [0.1, 0.15) is 5.66 Å². The van der Waals surface area contributed by atoms with Crippen molar-refractivity contribution < 1.29 is 0 Å². The topological polar surface area (TPSA) is 9.72 Å². The molecule has 2 saturated carbocycles. The summed E-state index contributed by atoms with van der Waals surface area (Å²) < 4.78 is 0. The largest absolute Gasteiger partial charge is 0.339 e. The van der Waals surface area contributed by atoms with E-state index in [1.54, 1.807) is 0 Å². The average molecular weight is 662 g/mol. The summed E-state index contributed by atoms with van der Waals surface area (Å²) in [5, 5.41) is 0. The third kappa shape index (κ3) is 4.48. The smallest absolute Gasteiger partial charge is 0.252 e. The standard InChI is InChI=1S/C46H56BN3/c1-43(2,3)30-17-20-33(21-18-30)49-36-14-12-13-35-42(36)50(46(49,10)11)40-27-32(45(7,8)9)26-39-41(40)47(35)34-22-19-31(44(4,5)6)25-38(34)48(39)37-24-28-15-16-29(37)23-28/h12-14,17-22,25-29,37H,15-16,23-24H2,1-11H3. The molecule has 50 heavy (non-hydrogen) atoms. The van der Waals surface area contributed by atoms with Crippen molar-refractivity contribution in [3.8, 4) is 0 Å². The van der Waals surface area contributed by atoms with Crippen LogP contribution in [0.5, 0.6) is 0 Å². The first kappa shape index (κ1) is 32.3. The van der Waals surface area contributed by atoms with Gasteiger partial charge < -0.3 is 14.7 Å². The van der Waals surface area contributed by atoms with Gasteiger partial charge in [-0.25, -0.2) is 0 Å². The number of nitrogens with zero attached hydrogens (tertiary/aromatic N) is 3. The molecule has 4 aromatic carbocycles. The molecular weight excluding hydrogens is 605 g/mol. The molecule has 0 aromatic heterocycles. The molecule has 0 N–H and O–H groups in total. The van der Waals surface area contributed by atoms with Gasteiger partial charge in [0.25, 0.3) is 6.71 Å². The third-order valence-corrected chi connectivity index (χ3v) is 13.2. The molecule has 5 aliphatic rings. The second kappa shape index (κ2) is 10.2. The van der Waals surface area contributed by atoms with Gasteiger partial charge in [0.05, 0.1) is 11.4 Å². The molecule has 4 aromatic rings. The predicted molar refractivity (Wildman–Crippen MR) is 216 cm³/mol. The molecule has 2 bridgehead atoms. The van der Waals surface area contributed by atoms with Gasteiger partial charge in [0, 0.05) is 28.8 Å². The molecule has 3 heterocycles. The first-order valence-electron chi connectivity index (χ1n) is 19.4. The van der Waals surface area contributed by atoms with E-state index in [9.17, 15) is 0 Å². The highest BCUT2D eigenvalue weighted by Crippen LogP contribution is 2.56. The van der Waals surface area contributed by atoms with Gasteiger partial charge in [-0.1, -0.05) is 105 Å². The zero-order valence-corrected chi connectivity index (χ0v) is 32.4. The van der Waals surface area contributed by atoms with Crippen LogP contribution in [-0.4, -0.2) is 18.4 Å². The second-order valence-corrected chi connectivity index (χ2v) is 19.9. The van der Waals surface area contributed by atoms with Crippen LogP contribution in [0, 0.1) is 11.8 Å². The zero-order chi connectivity index (χ0) is 35.3. The lowest BCUT2D eigenvalue weighted by Crippen LogP contribution is -2.65. The molecule has 3 nitrogen and oxygen atoms in total. The number of rotatable bonds is 2. The van der Waals surface area contributed by atoms with Gasteiger partial charge in [0.2, 0.25) is 0 Å². The third-order valence-electron chi connectivity index (χ3n) is 13.2. The number of para-hydroxylation sites is 1. The van der Waals surface area contributed by atoms with Crippen LogP contribution < -0.4 is 31.1 Å². The minimum Gasteiger partial charge on any atom is -0.339 e. The number of hydrogen-bond donors (Lipinski definition) is 0. The number of fused-ring (bicyclic) bond motifs is 6. The molecule has 0 saturated heterocycles. The van der Waals surface area contributed by atoms with E-state index >= 15 is 0 Å². The molecule has 258 valence electrons. The molecular formula is C46H56BN3. The quantitative estimate of drug-likeness (QED) is 0.198. The van der Waals surface area contributed by atoms with Crippen molar-refractivity contribution >= 4 is 57.2 Å². The van der Waals surface area contributed by atoms with Crippen LogP contribution in [0.15, 0.2) is 72.8 Å². The fourth-order valence-corrected chi connectivity index (χ4v) is 10.5. The number of anilines is 6. The Morgan fingerprint density at radius 1 is 0.600 bits per heavy atom. The summed E-state index contributed by atoms with van der Waals surface area (Å²) in [4.78, 5) is 8.23. The Kier molecular flexibility index (Phi) is 6.60. The summed E-state index contributed by atoms with van der Waals surface area (Å²) in [7, 11) is 0. The van der Waals surface area contributed by atoms with Crippen LogP contribution in [0.25, 0.3) is 0 Å². The van der Waals surface area contributed by atoms with E-state index in [4.69, 9.17) is 0 Å². The molecule has 3 unspecified atom stereocenters. The molecule has 2 fully saturated rings. The second-order valence-electron chi connectivity index (χ2n) is 19.9. The van der Waals surface area contributed by atoms with Crippen molar-refractivity contribution in [2.75, 3.05) is 14.7 Å². The fourth-order valence-electron chi connectivity index (χ4n) is 10.5. The van der Waals surface area contributed by atoms with Crippen molar-refractivity contribution in [2.45, 2.75) is 130 Å². The van der Waals surface area contributed by atoms with Crippen LogP contribution in [0.3, 0.4) is 0 Å². The molecule has 4 heteroatoms. The van der Waals surface area contributed by atoms with E-state index in [0.717, 1.165) is 11.8 Å². The first-order chi connectivity index (χ1) is 23.4. The molecule has 0 radical (unpaired) electrons. The zero-order valence-electron chi connectivity index (χ0n) is 32.4. The highest BCUT2D eigenvalue weighted by Gasteiger charge is 2.54. The van der Waals surface area contributed by atoms with E-state index in [-0.39, 0.29) is 28.6 Å². The maximum absolute atomic E-state index is 2.89. The first-order valence-corrected chi connectivity index (χ1v) is 19.4. The van der Waals surface area contributed by atoms with E-state index in [1.165, 1.54) is 92.9 Å². The van der Waals surface area contributed by atoms with Crippen molar-refractivity contribution in [1.29, 1.82) is 0 Å². The van der Waals surface area contributed by atoms with Crippen LogP contribution >= 0.6 is 0 Å². The molecule has 9 rings (SSSR count). The van der Waals surface area contributed by atoms with Gasteiger partial charge in [-0.2, -0.15) is 0 Å². The van der Waals surface area contributed by atoms with Gasteiger partial charge in [-0.3, -0.25) is 0 Å². The van der Waals surface area contributed by atoms with Crippen LogP contribution in [0.1, 0.15) is 119 Å². The van der Waals surface area contributed by atoms with E-state index < -0.39 is 0 Å². The van der Waals surface area contributed by atoms with E-state index in [0.29, 0.717) is 6.04 Å². The van der Waals surface area contributed by atoms with Gasteiger partial charge in [-0.15, -0.1) is 0 Å². The number of hydrogen-bond acceptors (Lipinski definition) is 3. The highest BCUT2D eigenvalue weighted by molar-refractivity contribution is 7.00. The average Bonchev–Trinajstić information content (AvgIpc) is 3.73. The van der Waals surface area contributed by atoms with Crippen LogP contribution in [0.4, 0.5) is 34.1 Å². The van der Waals surface area contributed by atoms with Crippen molar-refractivity contribution in [2.24, 2.45) is 11.8 Å². The predicted octanol–water partition coefficient (Wildman–Crippen LogP) is 10.1. The Balaban J connectivity index is 1.33. The minimum absolute atomic E-state index is 0.0149. The highest BCUT2D eigenvalue weighted by atomic mass is 15.5. The van der Waals surface area contributed by atoms with Crippen LogP contribution in [0.2, 0.25) is 0 Å². The van der Waals surface area contributed by atoms with Crippen molar-refractivity contribution in [1.82, 2.24) is 0 Å². The number of benzene rings is 4. The normalized spacial score (nSPS) is 23.0. The summed E-state index contributed by atoms with van der Waals surface area (Å²) in [5.74, 6) is 1.64. The Bertz CT molecular complexity index is 2040. The SMILES string of the molecule is CC(C)(C)c1ccc(N2c3cccc4c3N(c3cc(C(C)(C)C)cc5c3B4c3ccc(C(C)(C)C)cc3N5C3CC4CCC3C4)C2(C)C)cc1. The lowest BCUT2D eigenvalue weighted by atomic mass is 9.33. The maximum atomic E-state index is 2.89. The van der Waals surface area contributed by atoms with Crippen LogP contribution in [-0.2, 0) is 16.2 Å². The molecule has 3 aliphatic heterocycles. The Morgan fingerprint density at radius 3 is 1.86 bits per heavy atom. The van der Waals surface area contributed by atoms with Gasteiger partial charge >= 0.3 is 0 Å². The van der Waals surface area contributed by atoms with Gasteiger partial charge in [-0.05, 0) is 131 Å². The summed E-state index contributed by atoms with van der Waals surface area (Å²) >= 11 is 0. The Labute approximate surface area is 302 Å². The molecule has 0 spiro atoms. The van der Waals surface area contributed by atoms with Crippen molar-refractivity contribution in [3.63, 3.8) is 0 Å². The monoisotopic (exact) mass is 661 g/mol. The summed E-state index contributed by atoms with van der Waals surface area (Å²) in [6, 6.07) is 29.8. The fraction of sp³-hybridized carbons (Fsp3) is 0.478. The lowest BCUT2D eigenvalue weighted by molar-refractivity contribution is 0.413. The van der Waals surface area contributed by atoms with E-state index in [1.807, 2.05) is 0 Å². The molecule has 3 atom stereocenters. The lowest BCUT2D eigenvalue weighted by Gasteiger charge is -2.49. The van der Waals surface area contributed by atoms with Crippen molar-refractivity contribution in [3.05, 3.63) is 89.5 Å². The molecule has 0 amide bonds. The van der Waals surface area contributed by atoms with Gasteiger partial charge in [0.15, 0.2) is 0 Å². The maximum Gasteiger partial charge on any atom is 0.252 e. The molecule has 2 aliphatic carbocycles. The van der Waals surface area contributed by atoms with E-state index in [2.05, 4.69) is 164 Å². The Morgan fingerprint density at radius 2 is 1.24 bits per heavy atom. The minimum atomic E-state index is -0.315. The summed E-state index contributed by atoms with van der Waals surface area (Å²) in [6.45, 7) is 26.3. The summed E-state index contributed by atoms with van der Waals surface area (Å²) in [6.07, 6.45) is 5.50. The summed E-state index contributed by atoms with van der Waals surface area (Å²) in [5.41, 5.74) is 16.8. The Hall–Kier alpha value is -3.66.